The Morgan fingerprint density at radius 3 is 0.890 bits per heavy atom. The summed E-state index contributed by atoms with van der Waals surface area (Å²) in [4.78, 5) is 72.9. The number of ether oxygens (including phenoxy) is 4. The third-order valence-electron chi connectivity index (χ3n) is 16.9. The highest BCUT2D eigenvalue weighted by atomic mass is 31.2. The molecule has 0 aliphatic rings. The van der Waals surface area contributed by atoms with Crippen LogP contribution in [0.15, 0.2) is 85.1 Å². The minimum absolute atomic E-state index is 0.0217. The van der Waals surface area contributed by atoms with Crippen LogP contribution in [0.2, 0.25) is 0 Å². The lowest BCUT2D eigenvalue weighted by Crippen LogP contribution is -2.30. The molecule has 0 aliphatic carbocycles. The smallest absolute Gasteiger partial charge is 0.462 e. The number of carbonyl (C=O) groups excluding carboxylic acids is 4. The van der Waals surface area contributed by atoms with E-state index in [1.54, 1.807) is 0 Å². The maximum atomic E-state index is 13.1. The summed E-state index contributed by atoms with van der Waals surface area (Å²) in [5, 5.41) is 10.6. The van der Waals surface area contributed by atoms with Gasteiger partial charge in [0.25, 0.3) is 0 Å². The van der Waals surface area contributed by atoms with Crippen LogP contribution in [0, 0.1) is 0 Å². The summed E-state index contributed by atoms with van der Waals surface area (Å²) < 4.78 is 68.5. The fraction of sp³-hybridized carbons (Fsp3) is 0.778. The molecule has 0 saturated heterocycles. The van der Waals surface area contributed by atoms with E-state index in [1.807, 2.05) is 12.2 Å². The molecule has 0 fully saturated rings. The molecule has 19 heteroatoms. The molecule has 0 amide bonds. The molecule has 0 saturated carbocycles. The monoisotopic (exact) mass is 1450 g/mol. The average molecular weight is 1450 g/mol. The Kier molecular flexibility index (Phi) is 70.8. The van der Waals surface area contributed by atoms with Crippen LogP contribution in [0.3, 0.4) is 0 Å². The first kappa shape index (κ1) is 96.2. The molecule has 580 valence electrons. The van der Waals surface area contributed by atoms with Crippen LogP contribution in [0.25, 0.3) is 0 Å². The SMILES string of the molecule is CCCCC/C=C\C/C=C\C/C=C\C/C=C\CCCC(=O)O[C@H](COC(=O)CCCCCCCCCCCCCCC)COP(=O)(O)OC[C@H](O)COP(=O)(O)OC[C@@H](COC(=O)CCCCCCC/C=C\C=C/CCCCCC)OC(=O)CCCCCCC/C=C\CCCCCCCC. The third kappa shape index (κ3) is 72.6. The van der Waals surface area contributed by atoms with E-state index in [0.29, 0.717) is 32.1 Å². The number of phosphoric ester groups is 2. The summed E-state index contributed by atoms with van der Waals surface area (Å²) >= 11 is 0. The van der Waals surface area contributed by atoms with Crippen molar-refractivity contribution in [3.05, 3.63) is 85.1 Å². The number of carbonyl (C=O) groups is 4. The van der Waals surface area contributed by atoms with E-state index < -0.39 is 97.5 Å². The predicted octanol–water partition coefficient (Wildman–Crippen LogP) is 23.0. The van der Waals surface area contributed by atoms with Crippen molar-refractivity contribution in [3.8, 4) is 0 Å². The van der Waals surface area contributed by atoms with Crippen molar-refractivity contribution in [1.29, 1.82) is 0 Å². The van der Waals surface area contributed by atoms with Gasteiger partial charge in [-0.25, -0.2) is 9.13 Å². The first-order valence-electron chi connectivity index (χ1n) is 39.8. The van der Waals surface area contributed by atoms with E-state index in [4.69, 9.17) is 37.0 Å². The fourth-order valence-electron chi connectivity index (χ4n) is 10.7. The van der Waals surface area contributed by atoms with Gasteiger partial charge in [-0.05, 0) is 116 Å². The van der Waals surface area contributed by atoms with Crippen LogP contribution in [0.4, 0.5) is 0 Å². The maximum absolute atomic E-state index is 13.1. The summed E-state index contributed by atoms with van der Waals surface area (Å²) in [6.07, 6.45) is 75.7. The second-order valence-corrected chi connectivity index (χ2v) is 29.6. The van der Waals surface area contributed by atoms with Gasteiger partial charge in [-0.1, -0.05) is 293 Å². The van der Waals surface area contributed by atoms with Crippen molar-refractivity contribution in [2.24, 2.45) is 0 Å². The molecule has 0 aromatic heterocycles. The number of aliphatic hydroxyl groups is 1. The molecule has 3 N–H and O–H groups in total. The molecule has 0 spiro atoms. The maximum Gasteiger partial charge on any atom is 0.472 e. The highest BCUT2D eigenvalue weighted by Gasteiger charge is 2.30. The first-order valence-corrected chi connectivity index (χ1v) is 42.8. The molecule has 0 rings (SSSR count). The highest BCUT2D eigenvalue weighted by Crippen LogP contribution is 2.45. The molecule has 100 heavy (non-hydrogen) atoms. The largest absolute Gasteiger partial charge is 0.472 e. The highest BCUT2D eigenvalue weighted by molar-refractivity contribution is 7.47. The van der Waals surface area contributed by atoms with Crippen LogP contribution in [0.1, 0.15) is 349 Å². The number of hydrogen-bond acceptors (Lipinski definition) is 15. The van der Waals surface area contributed by atoms with Crippen LogP contribution in [0.5, 0.6) is 0 Å². The Bertz CT molecular complexity index is 2230. The standard InChI is InChI=1S/C81H144O17P2/c1-5-9-13-17-21-25-29-33-36-37-40-44-48-52-56-60-64-68-81(86)98-76(71-91-78(83)65-61-57-53-49-45-41-32-28-24-20-16-12-8-4)73-95-99(87,88)93-69-75(82)70-94-100(89,90)96-74-77(97-80(85)67-63-59-55-51-47-43-39-35-31-27-23-19-15-11-7-3)72-92-79(84)66-62-58-54-50-46-42-38-34-30-26-22-18-14-10-6-2/h21,25-26,30,33-36,38-40,44,52,56,75-77,82H,5-20,22-24,27-29,31-32,37,41-43,45-51,53-55,57-74H2,1-4H3,(H,87,88)(H,89,90)/b25-21-,30-26-,36-33-,38-34-,39-35-,44-40-,56-52-/t75-,76+,77+/m0/s1. The van der Waals surface area contributed by atoms with Crippen molar-refractivity contribution < 1.29 is 80.2 Å². The molecule has 0 aromatic rings. The number of rotatable bonds is 75. The average Bonchev–Trinajstić information content (AvgIpc) is 1.13. The van der Waals surface area contributed by atoms with Gasteiger partial charge in [0.1, 0.15) is 19.3 Å². The van der Waals surface area contributed by atoms with Gasteiger partial charge in [0, 0.05) is 25.7 Å². The molecule has 0 bridgehead atoms. The van der Waals surface area contributed by atoms with Gasteiger partial charge in [0.2, 0.25) is 0 Å². The van der Waals surface area contributed by atoms with Crippen molar-refractivity contribution in [2.75, 3.05) is 39.6 Å². The zero-order valence-corrected chi connectivity index (χ0v) is 65.2. The van der Waals surface area contributed by atoms with Crippen LogP contribution in [-0.4, -0.2) is 96.7 Å². The first-order chi connectivity index (χ1) is 48.7. The Morgan fingerprint density at radius 1 is 0.290 bits per heavy atom. The number of hydrogen-bond donors (Lipinski definition) is 3. The fourth-order valence-corrected chi connectivity index (χ4v) is 12.3. The molecule has 5 atom stereocenters. The topological polar surface area (TPSA) is 237 Å². The molecule has 0 radical (unpaired) electrons. The summed E-state index contributed by atoms with van der Waals surface area (Å²) in [7, 11) is -9.97. The zero-order valence-electron chi connectivity index (χ0n) is 63.4. The van der Waals surface area contributed by atoms with Gasteiger partial charge in [0.15, 0.2) is 12.2 Å². The molecule has 0 heterocycles. The number of unbranched alkanes of at least 4 members (excludes halogenated alkanes) is 36. The van der Waals surface area contributed by atoms with Crippen LogP contribution >= 0.6 is 15.6 Å². The summed E-state index contributed by atoms with van der Waals surface area (Å²) in [6.45, 7) is 4.78. The van der Waals surface area contributed by atoms with Crippen molar-refractivity contribution in [2.45, 2.75) is 367 Å². The quantitative estimate of drug-likeness (QED) is 0.0128. The van der Waals surface area contributed by atoms with Crippen molar-refractivity contribution in [1.82, 2.24) is 0 Å². The Hall–Kier alpha value is -3.76. The Morgan fingerprint density at radius 2 is 0.530 bits per heavy atom. The van der Waals surface area contributed by atoms with Crippen molar-refractivity contribution >= 4 is 39.5 Å². The van der Waals surface area contributed by atoms with Gasteiger partial charge in [-0.2, -0.15) is 0 Å². The summed E-state index contributed by atoms with van der Waals surface area (Å²) in [5.41, 5.74) is 0. The lowest BCUT2D eigenvalue weighted by molar-refractivity contribution is -0.161. The predicted molar refractivity (Wildman–Crippen MR) is 409 cm³/mol. The summed E-state index contributed by atoms with van der Waals surface area (Å²) in [6, 6.07) is 0. The lowest BCUT2D eigenvalue weighted by Gasteiger charge is -2.21. The van der Waals surface area contributed by atoms with E-state index in [0.717, 1.165) is 122 Å². The zero-order chi connectivity index (χ0) is 73.2. The second-order valence-electron chi connectivity index (χ2n) is 26.7. The van der Waals surface area contributed by atoms with Crippen LogP contribution in [-0.2, 0) is 65.4 Å². The Labute approximate surface area is 608 Å². The summed E-state index contributed by atoms with van der Waals surface area (Å²) in [5.74, 6) is -2.24. The van der Waals surface area contributed by atoms with Gasteiger partial charge in [-0.15, -0.1) is 0 Å². The molecular weight excluding hydrogens is 1310 g/mol. The number of esters is 4. The van der Waals surface area contributed by atoms with Gasteiger partial charge in [-0.3, -0.25) is 37.3 Å². The number of allylic oxidation sites excluding steroid dienone is 14. The molecule has 0 aromatic carbocycles. The second kappa shape index (κ2) is 73.5. The van der Waals surface area contributed by atoms with Crippen LogP contribution < -0.4 is 0 Å². The van der Waals surface area contributed by atoms with E-state index in [2.05, 4.69) is 101 Å². The van der Waals surface area contributed by atoms with Gasteiger partial charge < -0.3 is 33.8 Å². The van der Waals surface area contributed by atoms with Crippen molar-refractivity contribution in [3.63, 3.8) is 0 Å². The third-order valence-corrected chi connectivity index (χ3v) is 18.8. The van der Waals surface area contributed by atoms with E-state index in [9.17, 15) is 43.2 Å². The molecule has 2 unspecified atom stereocenters. The van der Waals surface area contributed by atoms with E-state index in [1.165, 1.54) is 141 Å². The van der Waals surface area contributed by atoms with E-state index in [-0.39, 0.29) is 25.7 Å². The van der Waals surface area contributed by atoms with E-state index >= 15 is 0 Å². The molecule has 17 nitrogen and oxygen atoms in total. The number of aliphatic hydroxyl groups excluding tert-OH is 1. The number of phosphoric acid groups is 2. The lowest BCUT2D eigenvalue weighted by atomic mass is 10.0. The molecule has 0 aliphatic heterocycles. The molecular formula is C81H144O17P2. The normalized spacial score (nSPS) is 14.3. The minimum Gasteiger partial charge on any atom is -0.462 e. The minimum atomic E-state index is -4.99. The van der Waals surface area contributed by atoms with Gasteiger partial charge in [0.05, 0.1) is 26.4 Å². The van der Waals surface area contributed by atoms with Gasteiger partial charge >= 0.3 is 39.5 Å². The Balaban J connectivity index is 5.40.